The minimum Gasteiger partial charge on any atom is -0.273 e. The number of nitrogens with one attached hydrogen (secondary N) is 1. The van der Waals surface area contributed by atoms with Crippen LogP contribution in [0.3, 0.4) is 0 Å². The second-order valence-corrected chi connectivity index (χ2v) is 3.24. The van der Waals surface area contributed by atoms with Crippen LogP contribution >= 0.6 is 11.6 Å². The summed E-state index contributed by atoms with van der Waals surface area (Å²) in [4.78, 5) is 0. The molecule has 0 aliphatic rings. The van der Waals surface area contributed by atoms with E-state index < -0.39 is 11.9 Å². The lowest BCUT2D eigenvalue weighted by molar-refractivity contribution is -0.141. The average Bonchev–Trinajstić information content (AvgIpc) is 2.67. The number of H-pyrrole nitrogens is 1. The Balaban J connectivity index is 3.20. The molecule has 0 amide bonds. The summed E-state index contributed by atoms with van der Waals surface area (Å²) in [5.41, 5.74) is -0.564. The van der Waals surface area contributed by atoms with Crippen molar-refractivity contribution in [3.63, 3.8) is 0 Å². The zero-order valence-electron chi connectivity index (χ0n) is 8.11. The zero-order chi connectivity index (χ0) is 12.3. The Kier molecular flexibility index (Phi) is 3.59. The van der Waals surface area contributed by atoms with Crippen LogP contribution in [0.1, 0.15) is 11.4 Å². The van der Waals surface area contributed by atoms with Crippen molar-refractivity contribution in [3.05, 3.63) is 47.8 Å². The predicted octanol–water partition coefficient (Wildman–Crippen LogP) is 3.75. The average molecular weight is 249 g/mol. The van der Waals surface area contributed by atoms with E-state index in [1.807, 2.05) is 5.10 Å². The first-order valence-corrected chi connectivity index (χ1v) is 4.55. The number of aromatic amines is 1. The van der Waals surface area contributed by atoms with Gasteiger partial charge in [-0.1, -0.05) is 36.9 Å². The van der Waals surface area contributed by atoms with Crippen LogP contribution in [0.2, 0.25) is 0 Å². The van der Waals surface area contributed by atoms with Crippen LogP contribution in [0.5, 0.6) is 0 Å². The summed E-state index contributed by atoms with van der Waals surface area (Å²) in [6, 6.07) is 0.864. The standard InChI is InChI=1S/C10H8ClF3N2/c1-3-6(7(11)4-2)8-5-9(16-15-8)10(12,13)14/h3-5H,1-2H2,(H,15,16)/b7-6-. The number of hydrogen-bond donors (Lipinski definition) is 1. The quantitative estimate of drug-likeness (QED) is 0.811. The highest BCUT2D eigenvalue weighted by Gasteiger charge is 2.33. The first kappa shape index (κ1) is 12.6. The Labute approximate surface area is 95.1 Å². The van der Waals surface area contributed by atoms with Crippen LogP contribution < -0.4 is 0 Å². The molecule has 1 aromatic rings. The summed E-state index contributed by atoms with van der Waals surface area (Å²) in [5.74, 6) is 0. The molecule has 1 aromatic heterocycles. The summed E-state index contributed by atoms with van der Waals surface area (Å²) in [6.07, 6.45) is -1.83. The molecule has 0 unspecified atom stereocenters. The van der Waals surface area contributed by atoms with Crippen LogP contribution in [0.4, 0.5) is 13.2 Å². The summed E-state index contributed by atoms with van der Waals surface area (Å²) in [7, 11) is 0. The van der Waals surface area contributed by atoms with Gasteiger partial charge >= 0.3 is 6.18 Å². The Bertz CT molecular complexity index is 443. The van der Waals surface area contributed by atoms with Crippen molar-refractivity contribution in [1.29, 1.82) is 0 Å². The van der Waals surface area contributed by atoms with Crippen molar-refractivity contribution in [2.24, 2.45) is 0 Å². The van der Waals surface area contributed by atoms with Crippen molar-refractivity contribution in [1.82, 2.24) is 10.2 Å². The third kappa shape index (κ3) is 2.55. The SMILES string of the molecule is C=C/C(Cl)=C(\C=C)c1cc(C(F)(F)F)[nH]n1. The number of alkyl halides is 3. The molecular weight excluding hydrogens is 241 g/mol. The molecule has 0 aromatic carbocycles. The number of hydrogen-bond acceptors (Lipinski definition) is 1. The van der Waals surface area contributed by atoms with Gasteiger partial charge in [-0.3, -0.25) is 5.10 Å². The lowest BCUT2D eigenvalue weighted by atomic mass is 10.1. The van der Waals surface area contributed by atoms with E-state index in [-0.39, 0.29) is 10.7 Å². The topological polar surface area (TPSA) is 28.7 Å². The summed E-state index contributed by atoms with van der Waals surface area (Å²) in [5, 5.41) is 5.60. The van der Waals surface area contributed by atoms with Gasteiger partial charge in [0.1, 0.15) is 5.69 Å². The largest absolute Gasteiger partial charge is 0.432 e. The van der Waals surface area contributed by atoms with Gasteiger partial charge in [-0.05, 0) is 6.07 Å². The van der Waals surface area contributed by atoms with Crippen LogP contribution in [-0.2, 0) is 6.18 Å². The predicted molar refractivity (Wildman–Crippen MR) is 56.8 cm³/mol. The van der Waals surface area contributed by atoms with Crippen LogP contribution in [0.15, 0.2) is 36.4 Å². The highest BCUT2D eigenvalue weighted by Crippen LogP contribution is 2.30. The number of halogens is 4. The Morgan fingerprint density at radius 1 is 1.38 bits per heavy atom. The van der Waals surface area contributed by atoms with Gasteiger partial charge in [-0.15, -0.1) is 0 Å². The molecule has 0 saturated carbocycles. The molecule has 0 saturated heterocycles. The second-order valence-electron chi connectivity index (χ2n) is 2.83. The van der Waals surface area contributed by atoms with E-state index in [1.165, 1.54) is 12.2 Å². The second kappa shape index (κ2) is 4.57. The molecule has 0 aliphatic carbocycles. The minimum absolute atomic E-state index is 0.0761. The fraction of sp³-hybridized carbons (Fsp3) is 0.100. The molecule has 16 heavy (non-hydrogen) atoms. The third-order valence-corrected chi connectivity index (χ3v) is 2.16. The number of allylic oxidation sites excluding steroid dienone is 4. The van der Waals surface area contributed by atoms with Crippen molar-refractivity contribution >= 4 is 17.2 Å². The van der Waals surface area contributed by atoms with E-state index in [1.54, 1.807) is 0 Å². The van der Waals surface area contributed by atoms with Crippen LogP contribution in [0, 0.1) is 0 Å². The monoisotopic (exact) mass is 248 g/mol. The van der Waals surface area contributed by atoms with Gasteiger partial charge in [-0.2, -0.15) is 18.3 Å². The molecule has 0 radical (unpaired) electrons. The molecule has 0 spiro atoms. The van der Waals surface area contributed by atoms with Gasteiger partial charge < -0.3 is 0 Å². The van der Waals surface area contributed by atoms with Gasteiger partial charge in [0.2, 0.25) is 0 Å². The summed E-state index contributed by atoms with van der Waals surface area (Å²) >= 11 is 5.74. The molecule has 6 heteroatoms. The maximum absolute atomic E-state index is 12.3. The maximum Gasteiger partial charge on any atom is 0.432 e. The molecule has 0 fully saturated rings. The van der Waals surface area contributed by atoms with Gasteiger partial charge in [0.05, 0.1) is 5.69 Å². The zero-order valence-corrected chi connectivity index (χ0v) is 8.86. The lowest BCUT2D eigenvalue weighted by Crippen LogP contribution is -2.04. The van der Waals surface area contributed by atoms with E-state index in [4.69, 9.17) is 11.6 Å². The first-order valence-electron chi connectivity index (χ1n) is 4.17. The van der Waals surface area contributed by atoms with E-state index in [9.17, 15) is 13.2 Å². The van der Waals surface area contributed by atoms with Crippen molar-refractivity contribution in [2.75, 3.05) is 0 Å². The molecule has 0 aliphatic heterocycles. The maximum atomic E-state index is 12.3. The van der Waals surface area contributed by atoms with Gasteiger partial charge in [0, 0.05) is 10.6 Å². The fourth-order valence-electron chi connectivity index (χ4n) is 1.04. The van der Waals surface area contributed by atoms with Gasteiger partial charge in [-0.25, -0.2) is 0 Å². The minimum atomic E-state index is -4.46. The Morgan fingerprint density at radius 3 is 2.38 bits per heavy atom. The fourth-order valence-corrected chi connectivity index (χ4v) is 1.21. The highest BCUT2D eigenvalue weighted by molar-refractivity contribution is 6.34. The first-order chi connectivity index (χ1) is 7.40. The van der Waals surface area contributed by atoms with E-state index in [0.717, 1.165) is 6.07 Å². The molecular formula is C10H8ClF3N2. The molecule has 0 bridgehead atoms. The van der Waals surface area contributed by atoms with E-state index in [2.05, 4.69) is 18.3 Å². The van der Waals surface area contributed by atoms with Crippen LogP contribution in [-0.4, -0.2) is 10.2 Å². The molecule has 2 nitrogen and oxygen atoms in total. The smallest absolute Gasteiger partial charge is 0.273 e. The van der Waals surface area contributed by atoms with E-state index in [0.29, 0.717) is 5.57 Å². The van der Waals surface area contributed by atoms with E-state index >= 15 is 0 Å². The molecule has 1 rings (SSSR count). The lowest BCUT2D eigenvalue weighted by Gasteiger charge is -2.00. The summed E-state index contributed by atoms with van der Waals surface area (Å²) < 4.78 is 36.9. The number of nitrogens with zero attached hydrogens (tertiary/aromatic N) is 1. The molecule has 86 valence electrons. The molecule has 1 N–H and O–H groups in total. The highest BCUT2D eigenvalue weighted by atomic mass is 35.5. The van der Waals surface area contributed by atoms with Crippen molar-refractivity contribution in [3.8, 4) is 0 Å². The summed E-state index contributed by atoms with van der Waals surface area (Å²) in [6.45, 7) is 6.87. The third-order valence-electron chi connectivity index (χ3n) is 1.80. The Hall–Kier alpha value is -1.49. The van der Waals surface area contributed by atoms with Crippen LogP contribution in [0.25, 0.3) is 5.57 Å². The van der Waals surface area contributed by atoms with Gasteiger partial charge in [0.15, 0.2) is 0 Å². The van der Waals surface area contributed by atoms with Crippen molar-refractivity contribution < 1.29 is 13.2 Å². The van der Waals surface area contributed by atoms with Crippen molar-refractivity contribution in [2.45, 2.75) is 6.18 Å². The number of rotatable bonds is 3. The number of aromatic nitrogens is 2. The molecule has 0 atom stereocenters. The Morgan fingerprint density at radius 2 is 2.00 bits per heavy atom. The van der Waals surface area contributed by atoms with Gasteiger partial charge in [0.25, 0.3) is 0 Å². The molecule has 1 heterocycles. The normalized spacial score (nSPS) is 13.2.